The quantitative estimate of drug-likeness (QED) is 0.630. The number of halogens is 2. The number of carbonyl (C=O) groups excluding carboxylic acids is 2. The van der Waals surface area contributed by atoms with Gasteiger partial charge in [0.1, 0.15) is 0 Å². The average Bonchev–Trinajstić information content (AvgIpc) is 2.58. The molecule has 2 heterocycles. The molecule has 1 aromatic rings. The fourth-order valence-electron chi connectivity index (χ4n) is 2.57. The number of aromatic nitrogens is 1. The average molecular weight is 377 g/mol. The van der Waals surface area contributed by atoms with Crippen molar-refractivity contribution in [2.24, 2.45) is 5.92 Å². The van der Waals surface area contributed by atoms with E-state index in [0.29, 0.717) is 31.0 Å². The number of hydrogen-bond acceptors (Lipinski definition) is 4. The number of carbonyl (C=O) groups is 2. The van der Waals surface area contributed by atoms with Gasteiger partial charge in [0.2, 0.25) is 5.91 Å². The highest BCUT2D eigenvalue weighted by molar-refractivity contribution is 5.93. The molecule has 3 N–H and O–H groups in total. The lowest BCUT2D eigenvalue weighted by atomic mass is 9.93. The van der Waals surface area contributed by atoms with Crippen molar-refractivity contribution in [1.82, 2.24) is 20.9 Å². The van der Waals surface area contributed by atoms with Crippen molar-refractivity contribution in [3.05, 3.63) is 30.1 Å². The van der Waals surface area contributed by atoms with E-state index in [1.54, 1.807) is 18.3 Å². The number of pyridine rings is 1. The Morgan fingerprint density at radius 1 is 1.17 bits per heavy atom. The fourth-order valence-corrected chi connectivity index (χ4v) is 2.57. The SMILES string of the molecule is Cl.Cl.O=C(CCC1CCNCC1)NCCNC(=O)c1cccnc1. The van der Waals surface area contributed by atoms with Crippen molar-refractivity contribution in [3.8, 4) is 0 Å². The minimum atomic E-state index is -0.169. The van der Waals surface area contributed by atoms with Crippen molar-refractivity contribution in [3.63, 3.8) is 0 Å². The zero-order valence-corrected chi connectivity index (χ0v) is 15.3. The third-order valence-corrected chi connectivity index (χ3v) is 3.89. The van der Waals surface area contributed by atoms with Crippen LogP contribution >= 0.6 is 24.8 Å². The summed E-state index contributed by atoms with van der Waals surface area (Å²) in [6.45, 7) is 3.00. The Morgan fingerprint density at radius 2 is 1.88 bits per heavy atom. The van der Waals surface area contributed by atoms with Crippen LogP contribution in [0.15, 0.2) is 24.5 Å². The third-order valence-electron chi connectivity index (χ3n) is 3.89. The van der Waals surface area contributed by atoms with Crippen LogP contribution < -0.4 is 16.0 Å². The molecule has 0 radical (unpaired) electrons. The number of hydrogen-bond donors (Lipinski definition) is 3. The largest absolute Gasteiger partial charge is 0.354 e. The Morgan fingerprint density at radius 3 is 2.54 bits per heavy atom. The number of amides is 2. The molecule has 2 rings (SSSR count). The molecular formula is C16H26Cl2N4O2. The van der Waals surface area contributed by atoms with Crippen molar-refractivity contribution >= 4 is 36.6 Å². The zero-order valence-electron chi connectivity index (χ0n) is 13.6. The van der Waals surface area contributed by atoms with Crippen molar-refractivity contribution in [1.29, 1.82) is 0 Å². The standard InChI is InChI=1S/C16H24N4O2.2ClH/c21-15(4-3-13-5-8-17-9-6-13)19-10-11-20-16(22)14-2-1-7-18-12-14;;/h1-2,7,12-13,17H,3-6,8-11H2,(H,19,21)(H,20,22);2*1H. The summed E-state index contributed by atoms with van der Waals surface area (Å²) < 4.78 is 0. The van der Waals surface area contributed by atoms with Gasteiger partial charge >= 0.3 is 0 Å². The third kappa shape index (κ3) is 8.47. The van der Waals surface area contributed by atoms with Gasteiger partial charge in [-0.25, -0.2) is 0 Å². The van der Waals surface area contributed by atoms with E-state index in [9.17, 15) is 9.59 Å². The number of piperidine rings is 1. The van der Waals surface area contributed by atoms with Gasteiger partial charge in [0, 0.05) is 31.9 Å². The van der Waals surface area contributed by atoms with Crippen LogP contribution in [0, 0.1) is 5.92 Å². The molecule has 0 aliphatic carbocycles. The lowest BCUT2D eigenvalue weighted by molar-refractivity contribution is -0.121. The Labute approximate surface area is 155 Å². The highest BCUT2D eigenvalue weighted by atomic mass is 35.5. The molecule has 2 amide bonds. The van der Waals surface area contributed by atoms with Gasteiger partial charge in [-0.3, -0.25) is 14.6 Å². The monoisotopic (exact) mass is 376 g/mol. The summed E-state index contributed by atoms with van der Waals surface area (Å²) in [7, 11) is 0. The van der Waals surface area contributed by atoms with E-state index in [0.717, 1.165) is 32.4 Å². The van der Waals surface area contributed by atoms with Gasteiger partial charge in [-0.1, -0.05) is 0 Å². The van der Waals surface area contributed by atoms with Crippen molar-refractivity contribution in [2.45, 2.75) is 25.7 Å². The predicted molar refractivity (Wildman–Crippen MR) is 98.9 cm³/mol. The Kier molecular flexibility index (Phi) is 12.2. The first-order valence-electron chi connectivity index (χ1n) is 7.91. The lowest BCUT2D eigenvalue weighted by Crippen LogP contribution is -2.35. The van der Waals surface area contributed by atoms with Crippen LogP contribution in [0.2, 0.25) is 0 Å². The first-order chi connectivity index (χ1) is 10.8. The van der Waals surface area contributed by atoms with E-state index in [1.165, 1.54) is 6.20 Å². The van der Waals surface area contributed by atoms with Crippen LogP contribution in [0.4, 0.5) is 0 Å². The van der Waals surface area contributed by atoms with E-state index in [2.05, 4.69) is 20.9 Å². The van der Waals surface area contributed by atoms with Gasteiger partial charge in [0.15, 0.2) is 0 Å². The molecule has 136 valence electrons. The van der Waals surface area contributed by atoms with Gasteiger partial charge in [-0.05, 0) is 50.4 Å². The molecular weight excluding hydrogens is 351 g/mol. The topological polar surface area (TPSA) is 83.1 Å². The molecule has 0 aromatic carbocycles. The van der Waals surface area contributed by atoms with Crippen LogP contribution in [0.25, 0.3) is 0 Å². The molecule has 0 spiro atoms. The highest BCUT2D eigenvalue weighted by Gasteiger charge is 2.14. The molecule has 0 saturated carbocycles. The number of nitrogens with zero attached hydrogens (tertiary/aromatic N) is 1. The predicted octanol–water partition coefficient (Wildman–Crippen LogP) is 1.55. The summed E-state index contributed by atoms with van der Waals surface area (Å²) in [4.78, 5) is 27.4. The summed E-state index contributed by atoms with van der Waals surface area (Å²) in [5.74, 6) is 0.559. The summed E-state index contributed by atoms with van der Waals surface area (Å²) in [5, 5.41) is 8.93. The highest BCUT2D eigenvalue weighted by Crippen LogP contribution is 2.17. The molecule has 24 heavy (non-hydrogen) atoms. The van der Waals surface area contributed by atoms with Gasteiger partial charge in [0.25, 0.3) is 5.91 Å². The minimum absolute atomic E-state index is 0. The first-order valence-corrected chi connectivity index (χ1v) is 7.91. The molecule has 0 unspecified atom stereocenters. The van der Waals surface area contributed by atoms with Crippen molar-refractivity contribution in [2.75, 3.05) is 26.2 Å². The zero-order chi connectivity index (χ0) is 15.6. The summed E-state index contributed by atoms with van der Waals surface area (Å²) >= 11 is 0. The Balaban J connectivity index is 0.00000264. The summed E-state index contributed by atoms with van der Waals surface area (Å²) in [6.07, 6.45) is 6.99. The normalized spacial score (nSPS) is 14.0. The van der Waals surface area contributed by atoms with E-state index < -0.39 is 0 Å². The maximum atomic E-state index is 11.8. The molecule has 1 fully saturated rings. The number of nitrogens with one attached hydrogen (secondary N) is 3. The van der Waals surface area contributed by atoms with E-state index in [-0.39, 0.29) is 36.6 Å². The van der Waals surface area contributed by atoms with Gasteiger partial charge in [0.05, 0.1) is 5.56 Å². The second kappa shape index (κ2) is 13.0. The lowest BCUT2D eigenvalue weighted by Gasteiger charge is -2.22. The molecule has 1 aliphatic heterocycles. The smallest absolute Gasteiger partial charge is 0.252 e. The van der Waals surface area contributed by atoms with Crippen LogP contribution in [-0.4, -0.2) is 43.0 Å². The summed E-state index contributed by atoms with van der Waals surface area (Å²) in [6, 6.07) is 3.43. The van der Waals surface area contributed by atoms with E-state index in [1.807, 2.05) is 0 Å². The second-order valence-electron chi connectivity index (χ2n) is 5.58. The summed E-state index contributed by atoms with van der Waals surface area (Å²) in [5.41, 5.74) is 0.528. The second-order valence-corrected chi connectivity index (χ2v) is 5.58. The van der Waals surface area contributed by atoms with Crippen LogP contribution in [-0.2, 0) is 4.79 Å². The van der Waals surface area contributed by atoms with Gasteiger partial charge in [-0.2, -0.15) is 0 Å². The van der Waals surface area contributed by atoms with Crippen molar-refractivity contribution < 1.29 is 9.59 Å². The van der Waals surface area contributed by atoms with Crippen LogP contribution in [0.3, 0.4) is 0 Å². The van der Waals surface area contributed by atoms with Gasteiger partial charge < -0.3 is 16.0 Å². The minimum Gasteiger partial charge on any atom is -0.354 e. The molecule has 1 aromatic heterocycles. The Bertz CT molecular complexity index is 482. The maximum absolute atomic E-state index is 11.8. The first kappa shape index (κ1) is 22.6. The van der Waals surface area contributed by atoms with Crippen LogP contribution in [0.5, 0.6) is 0 Å². The van der Waals surface area contributed by atoms with E-state index in [4.69, 9.17) is 0 Å². The van der Waals surface area contributed by atoms with Gasteiger partial charge in [-0.15, -0.1) is 24.8 Å². The molecule has 6 nitrogen and oxygen atoms in total. The molecule has 1 saturated heterocycles. The molecule has 8 heteroatoms. The molecule has 1 aliphatic rings. The Hall–Kier alpha value is -1.37. The van der Waals surface area contributed by atoms with E-state index >= 15 is 0 Å². The molecule has 0 atom stereocenters. The molecule has 0 bridgehead atoms. The maximum Gasteiger partial charge on any atom is 0.252 e. The van der Waals surface area contributed by atoms with Crippen LogP contribution in [0.1, 0.15) is 36.0 Å². The number of rotatable bonds is 7. The fraction of sp³-hybridized carbons (Fsp3) is 0.562.